The first-order valence-electron chi connectivity index (χ1n) is 14.2. The third-order valence-electron chi connectivity index (χ3n) is 6.66. The summed E-state index contributed by atoms with van der Waals surface area (Å²) in [5, 5.41) is 0. The number of unbranched alkanes of at least 4 members (excludes halogenated alkanes) is 19. The highest BCUT2D eigenvalue weighted by Gasteiger charge is 2.18. The second-order valence-electron chi connectivity index (χ2n) is 9.95. The molecule has 0 bridgehead atoms. The van der Waals surface area contributed by atoms with Gasteiger partial charge in [0.2, 0.25) is 0 Å². The normalized spacial score (nSPS) is 13.0. The minimum Gasteiger partial charge on any atom is -0.303 e. The van der Waals surface area contributed by atoms with Crippen LogP contribution in [0.25, 0.3) is 0 Å². The van der Waals surface area contributed by atoms with Crippen LogP contribution >= 0.6 is 7.82 Å². The highest BCUT2D eigenvalue weighted by molar-refractivity contribution is 7.46. The molecule has 0 aromatic heterocycles. The zero-order valence-electron chi connectivity index (χ0n) is 21.7. The van der Waals surface area contributed by atoms with Crippen molar-refractivity contribution in [3.8, 4) is 0 Å². The van der Waals surface area contributed by atoms with Crippen LogP contribution in [0.2, 0.25) is 0 Å². The highest BCUT2D eigenvalue weighted by Crippen LogP contribution is 2.37. The topological polar surface area (TPSA) is 66.8 Å². The summed E-state index contributed by atoms with van der Waals surface area (Å²) in [5.74, 6) is 0.287. The Morgan fingerprint density at radius 3 is 1.09 bits per heavy atom. The zero-order valence-corrected chi connectivity index (χ0v) is 22.6. The van der Waals surface area contributed by atoms with Gasteiger partial charge in [-0.15, -0.1) is 0 Å². The second kappa shape index (κ2) is 24.2. The van der Waals surface area contributed by atoms with Gasteiger partial charge in [0.25, 0.3) is 0 Å². The molecule has 0 heterocycles. The maximum Gasteiger partial charge on any atom is 0.469 e. The monoisotopic (exact) mass is 476 g/mol. The Morgan fingerprint density at radius 2 is 0.812 bits per heavy atom. The van der Waals surface area contributed by atoms with Gasteiger partial charge in [0.05, 0.1) is 6.61 Å². The molecule has 0 fully saturated rings. The van der Waals surface area contributed by atoms with Crippen molar-refractivity contribution in [1.29, 1.82) is 0 Å². The Bertz CT molecular complexity index is 410. The first kappa shape index (κ1) is 32.1. The number of phosphoric ester groups is 1. The van der Waals surface area contributed by atoms with Gasteiger partial charge in [-0.25, -0.2) is 4.57 Å². The van der Waals surface area contributed by atoms with Crippen molar-refractivity contribution in [3.05, 3.63) is 0 Å². The van der Waals surface area contributed by atoms with Crippen LogP contribution in [0.5, 0.6) is 0 Å². The molecule has 0 radical (unpaired) electrons. The molecule has 0 aliphatic carbocycles. The van der Waals surface area contributed by atoms with Crippen LogP contribution in [0, 0.1) is 5.92 Å². The molecule has 0 aliphatic rings. The zero-order chi connectivity index (χ0) is 23.8. The van der Waals surface area contributed by atoms with Gasteiger partial charge in [-0.05, 0) is 18.8 Å². The van der Waals surface area contributed by atoms with Crippen LogP contribution in [-0.4, -0.2) is 16.4 Å². The molecule has 1 unspecified atom stereocenters. The number of hydrogen-bond acceptors (Lipinski definition) is 2. The third kappa shape index (κ3) is 26.4. The van der Waals surface area contributed by atoms with E-state index in [-0.39, 0.29) is 12.5 Å². The van der Waals surface area contributed by atoms with Crippen molar-refractivity contribution >= 4 is 7.82 Å². The van der Waals surface area contributed by atoms with E-state index in [4.69, 9.17) is 14.3 Å². The van der Waals surface area contributed by atoms with Gasteiger partial charge in [-0.3, -0.25) is 4.52 Å². The number of phosphoric acid groups is 1. The van der Waals surface area contributed by atoms with Crippen molar-refractivity contribution in [3.63, 3.8) is 0 Å². The van der Waals surface area contributed by atoms with E-state index >= 15 is 0 Å². The van der Waals surface area contributed by atoms with Crippen molar-refractivity contribution < 1.29 is 18.9 Å². The lowest BCUT2D eigenvalue weighted by Crippen LogP contribution is -2.09. The van der Waals surface area contributed by atoms with Gasteiger partial charge in [0.15, 0.2) is 0 Å². The van der Waals surface area contributed by atoms with Crippen LogP contribution in [-0.2, 0) is 9.09 Å². The minimum absolute atomic E-state index is 0.208. The molecule has 194 valence electrons. The lowest BCUT2D eigenvalue weighted by molar-refractivity contribution is 0.157. The molecule has 0 rings (SSSR count). The first-order valence-corrected chi connectivity index (χ1v) is 15.7. The molecule has 1 atom stereocenters. The summed E-state index contributed by atoms with van der Waals surface area (Å²) in [6, 6.07) is 0. The number of hydrogen-bond donors (Lipinski definition) is 2. The molecule has 0 spiro atoms. The van der Waals surface area contributed by atoms with Crippen LogP contribution in [0.15, 0.2) is 0 Å². The summed E-state index contributed by atoms with van der Waals surface area (Å²) < 4.78 is 16.0. The van der Waals surface area contributed by atoms with Gasteiger partial charge >= 0.3 is 7.82 Å². The molecule has 32 heavy (non-hydrogen) atoms. The maximum atomic E-state index is 11.1. The lowest BCUT2D eigenvalue weighted by atomic mass is 9.94. The Morgan fingerprint density at radius 1 is 0.531 bits per heavy atom. The van der Waals surface area contributed by atoms with Gasteiger partial charge in [0.1, 0.15) is 0 Å². The average Bonchev–Trinajstić information content (AvgIpc) is 2.75. The summed E-state index contributed by atoms with van der Waals surface area (Å²) in [6.45, 7) is 4.73. The largest absolute Gasteiger partial charge is 0.469 e. The fraction of sp³-hybridized carbons (Fsp3) is 1.00. The van der Waals surface area contributed by atoms with Crippen molar-refractivity contribution in [2.75, 3.05) is 6.61 Å². The Hall–Kier alpha value is 0.110. The molecule has 0 aliphatic heterocycles. The van der Waals surface area contributed by atoms with E-state index in [1.165, 1.54) is 122 Å². The summed E-state index contributed by atoms with van der Waals surface area (Å²) in [4.78, 5) is 18.1. The van der Waals surface area contributed by atoms with E-state index in [9.17, 15) is 4.57 Å². The highest BCUT2D eigenvalue weighted by atomic mass is 31.2. The molecule has 0 saturated heterocycles. The molecule has 2 N–H and O–H groups in total. The molecule has 0 amide bonds. The van der Waals surface area contributed by atoms with E-state index in [0.29, 0.717) is 0 Å². The lowest BCUT2D eigenvalue weighted by Gasteiger charge is -2.17. The van der Waals surface area contributed by atoms with E-state index in [2.05, 4.69) is 13.8 Å². The van der Waals surface area contributed by atoms with E-state index in [1.807, 2.05) is 0 Å². The van der Waals surface area contributed by atoms with Gasteiger partial charge < -0.3 is 9.79 Å². The van der Waals surface area contributed by atoms with Gasteiger partial charge in [0, 0.05) is 0 Å². The molecule has 0 saturated carbocycles. The van der Waals surface area contributed by atoms with Crippen molar-refractivity contribution in [2.24, 2.45) is 5.92 Å². The summed E-state index contributed by atoms with van der Waals surface area (Å²) in [7, 11) is -4.35. The van der Waals surface area contributed by atoms with Crippen LogP contribution in [0.1, 0.15) is 162 Å². The fourth-order valence-electron chi connectivity index (χ4n) is 4.53. The molecule has 4 nitrogen and oxygen atoms in total. The summed E-state index contributed by atoms with van der Waals surface area (Å²) in [5.41, 5.74) is 0. The quantitative estimate of drug-likeness (QED) is 0.0963. The SMILES string of the molecule is CCCCCCCCCCCCCCC(CCCCCCCCCCC)COP(=O)(O)O. The maximum absolute atomic E-state index is 11.1. The Balaban J connectivity index is 3.74. The summed E-state index contributed by atoms with van der Waals surface area (Å²) >= 11 is 0. The second-order valence-corrected chi connectivity index (χ2v) is 11.2. The fourth-order valence-corrected chi connectivity index (χ4v) is 4.94. The molecule has 5 heteroatoms. The number of rotatable bonds is 26. The molecular weight excluding hydrogens is 419 g/mol. The van der Waals surface area contributed by atoms with E-state index in [0.717, 1.165) is 25.7 Å². The van der Waals surface area contributed by atoms with E-state index < -0.39 is 7.82 Å². The summed E-state index contributed by atoms with van der Waals surface area (Å²) in [6.07, 6.45) is 29.9. The van der Waals surface area contributed by atoms with Crippen LogP contribution in [0.4, 0.5) is 0 Å². The third-order valence-corrected chi connectivity index (χ3v) is 7.15. The van der Waals surface area contributed by atoms with Crippen molar-refractivity contribution in [2.45, 2.75) is 162 Å². The molecule has 0 aromatic rings. The Labute approximate surface area is 200 Å². The smallest absolute Gasteiger partial charge is 0.303 e. The van der Waals surface area contributed by atoms with Crippen LogP contribution < -0.4 is 0 Å². The van der Waals surface area contributed by atoms with Crippen LogP contribution in [0.3, 0.4) is 0 Å². The standard InChI is InChI=1S/C27H57O4P/c1-3-5-7-9-11-13-14-15-17-19-21-23-25-27(26-31-32(28,29)30)24-22-20-18-16-12-10-8-6-4-2/h27H,3-26H2,1-2H3,(H2,28,29,30). The van der Waals surface area contributed by atoms with Crippen molar-refractivity contribution in [1.82, 2.24) is 0 Å². The van der Waals surface area contributed by atoms with E-state index in [1.54, 1.807) is 0 Å². The van der Waals surface area contributed by atoms with Gasteiger partial charge in [-0.2, -0.15) is 0 Å². The predicted molar refractivity (Wildman–Crippen MR) is 139 cm³/mol. The molecule has 0 aromatic carbocycles. The predicted octanol–water partition coefficient (Wildman–Crippen LogP) is 9.72. The average molecular weight is 477 g/mol. The first-order chi connectivity index (χ1) is 15.5. The Kier molecular flexibility index (Phi) is 24.3. The minimum atomic E-state index is -4.35. The molecular formula is C27H57O4P. The van der Waals surface area contributed by atoms with Gasteiger partial charge in [-0.1, -0.05) is 149 Å².